The quantitative estimate of drug-likeness (QED) is 0.804. The Morgan fingerprint density at radius 2 is 2.06 bits per heavy atom. The van der Waals surface area contributed by atoms with Gasteiger partial charge in [0, 0.05) is 6.54 Å². The number of carbonyl (C=O) groups is 2. The van der Waals surface area contributed by atoms with Gasteiger partial charge in [0.05, 0.1) is 11.3 Å². The average molecular weight is 253 g/mol. The van der Waals surface area contributed by atoms with Gasteiger partial charge in [0.2, 0.25) is 5.91 Å². The van der Waals surface area contributed by atoms with E-state index in [2.05, 4.69) is 5.32 Å². The normalized spacial score (nSPS) is 9.94. The van der Waals surface area contributed by atoms with Crippen LogP contribution in [0.2, 0.25) is 0 Å². The predicted octanol–water partition coefficient (Wildman–Crippen LogP) is 1.41. The summed E-state index contributed by atoms with van der Waals surface area (Å²) in [6.07, 6.45) is 2.39. The fourth-order valence-electron chi connectivity index (χ4n) is 1.47. The van der Waals surface area contributed by atoms with E-state index in [1.165, 1.54) is 11.8 Å². The minimum atomic E-state index is -0.934. The Balaban J connectivity index is 2.52. The van der Waals surface area contributed by atoms with Crippen LogP contribution in [0.25, 0.3) is 0 Å². The van der Waals surface area contributed by atoms with Crippen LogP contribution in [0.3, 0.4) is 0 Å². The second kappa shape index (κ2) is 6.96. The molecule has 0 aliphatic heterocycles. The number of hydrogen-bond donors (Lipinski definition) is 2. The third-order valence-corrected chi connectivity index (χ3v) is 2.79. The molecule has 1 amide bonds. The number of benzene rings is 1. The fourth-order valence-corrected chi connectivity index (χ4v) is 1.83. The van der Waals surface area contributed by atoms with Crippen LogP contribution in [-0.4, -0.2) is 35.5 Å². The molecule has 1 aromatic rings. The number of nitrogens with one attached hydrogen (secondary N) is 1. The van der Waals surface area contributed by atoms with Gasteiger partial charge in [-0.1, -0.05) is 18.2 Å². The zero-order valence-corrected chi connectivity index (χ0v) is 10.4. The zero-order valence-electron chi connectivity index (χ0n) is 9.60. The lowest BCUT2D eigenvalue weighted by molar-refractivity contribution is -0.118. The molecule has 0 aromatic heterocycles. The van der Waals surface area contributed by atoms with Gasteiger partial charge in [-0.05, 0) is 24.3 Å². The molecule has 0 radical (unpaired) electrons. The Kier molecular flexibility index (Phi) is 5.56. The summed E-state index contributed by atoms with van der Waals surface area (Å²) < 4.78 is 0. The van der Waals surface area contributed by atoms with E-state index >= 15 is 0 Å². The molecule has 4 nitrogen and oxygen atoms in total. The van der Waals surface area contributed by atoms with E-state index in [1.54, 1.807) is 24.3 Å². The second-order valence-corrected chi connectivity index (χ2v) is 4.36. The van der Waals surface area contributed by atoms with Crippen molar-refractivity contribution in [1.29, 1.82) is 0 Å². The number of amides is 1. The summed E-state index contributed by atoms with van der Waals surface area (Å²) >= 11 is 1.46. The number of hydrogen-bond acceptors (Lipinski definition) is 3. The molecule has 92 valence electrons. The number of carbonyl (C=O) groups excluding carboxylic acids is 1. The summed E-state index contributed by atoms with van der Waals surface area (Å²) in [7, 11) is 0. The third-order valence-electron chi connectivity index (χ3n) is 2.24. The van der Waals surface area contributed by atoms with Crippen LogP contribution in [0.4, 0.5) is 0 Å². The highest BCUT2D eigenvalue weighted by atomic mass is 32.2. The summed E-state index contributed by atoms with van der Waals surface area (Å²) in [5.74, 6) is -0.526. The first-order valence-electron chi connectivity index (χ1n) is 5.22. The SMILES string of the molecule is CSCC(=O)NCCc1ccccc1C(=O)O. The minimum absolute atomic E-state index is 0.0229. The smallest absolute Gasteiger partial charge is 0.335 e. The molecule has 0 unspecified atom stereocenters. The van der Waals surface area contributed by atoms with Crippen molar-refractivity contribution in [3.8, 4) is 0 Å². The van der Waals surface area contributed by atoms with Crippen molar-refractivity contribution in [2.24, 2.45) is 0 Å². The lowest BCUT2D eigenvalue weighted by Crippen LogP contribution is -2.27. The molecule has 0 bridgehead atoms. The van der Waals surface area contributed by atoms with Gasteiger partial charge in [-0.15, -0.1) is 0 Å². The highest BCUT2D eigenvalue weighted by molar-refractivity contribution is 7.99. The maximum Gasteiger partial charge on any atom is 0.335 e. The van der Waals surface area contributed by atoms with Crippen LogP contribution in [0.15, 0.2) is 24.3 Å². The van der Waals surface area contributed by atoms with E-state index in [4.69, 9.17) is 5.11 Å². The highest BCUT2D eigenvalue weighted by Gasteiger charge is 2.08. The van der Waals surface area contributed by atoms with Crippen molar-refractivity contribution in [3.05, 3.63) is 35.4 Å². The van der Waals surface area contributed by atoms with Crippen LogP contribution in [0.5, 0.6) is 0 Å². The zero-order chi connectivity index (χ0) is 12.7. The van der Waals surface area contributed by atoms with Gasteiger partial charge in [0.1, 0.15) is 0 Å². The molecule has 0 fully saturated rings. The maximum absolute atomic E-state index is 11.2. The topological polar surface area (TPSA) is 66.4 Å². The molecular formula is C12H15NO3S. The van der Waals surface area contributed by atoms with Gasteiger partial charge in [-0.3, -0.25) is 4.79 Å². The molecule has 17 heavy (non-hydrogen) atoms. The van der Waals surface area contributed by atoms with E-state index < -0.39 is 5.97 Å². The Morgan fingerprint density at radius 1 is 1.35 bits per heavy atom. The van der Waals surface area contributed by atoms with Crippen LogP contribution >= 0.6 is 11.8 Å². The van der Waals surface area contributed by atoms with Crippen LogP contribution in [0, 0.1) is 0 Å². The van der Waals surface area contributed by atoms with E-state index in [0.29, 0.717) is 24.3 Å². The number of aromatic carboxylic acids is 1. The molecule has 0 aliphatic carbocycles. The van der Waals surface area contributed by atoms with Gasteiger partial charge in [0.15, 0.2) is 0 Å². The number of carboxylic acids is 1. The molecule has 0 saturated heterocycles. The van der Waals surface area contributed by atoms with Crippen molar-refractivity contribution in [2.75, 3.05) is 18.6 Å². The summed E-state index contributed by atoms with van der Waals surface area (Å²) in [6.45, 7) is 0.462. The van der Waals surface area contributed by atoms with Crippen molar-refractivity contribution in [1.82, 2.24) is 5.32 Å². The van der Waals surface area contributed by atoms with E-state index in [-0.39, 0.29) is 5.91 Å². The summed E-state index contributed by atoms with van der Waals surface area (Å²) in [5.41, 5.74) is 1.04. The molecule has 0 saturated carbocycles. The first kappa shape index (κ1) is 13.6. The van der Waals surface area contributed by atoms with Crippen molar-refractivity contribution in [2.45, 2.75) is 6.42 Å². The Bertz CT molecular complexity index is 406. The molecule has 5 heteroatoms. The summed E-state index contributed by atoms with van der Waals surface area (Å²) in [6, 6.07) is 6.83. The maximum atomic E-state index is 11.2. The highest BCUT2D eigenvalue weighted by Crippen LogP contribution is 2.08. The lowest BCUT2D eigenvalue weighted by atomic mass is 10.0. The second-order valence-electron chi connectivity index (χ2n) is 3.50. The predicted molar refractivity (Wildman–Crippen MR) is 68.5 cm³/mol. The molecule has 0 atom stereocenters. The molecule has 0 spiro atoms. The Hall–Kier alpha value is -1.49. The third kappa shape index (κ3) is 4.48. The van der Waals surface area contributed by atoms with Crippen molar-refractivity contribution >= 4 is 23.6 Å². The van der Waals surface area contributed by atoms with E-state index in [1.807, 2.05) is 6.26 Å². The number of thioether (sulfide) groups is 1. The molecule has 0 heterocycles. The molecule has 1 rings (SSSR count). The van der Waals surface area contributed by atoms with Gasteiger partial charge in [-0.2, -0.15) is 11.8 Å². The van der Waals surface area contributed by atoms with Gasteiger partial charge >= 0.3 is 5.97 Å². The van der Waals surface area contributed by atoms with Crippen molar-refractivity contribution in [3.63, 3.8) is 0 Å². The molecule has 2 N–H and O–H groups in total. The first-order valence-corrected chi connectivity index (χ1v) is 6.61. The molecule has 1 aromatic carbocycles. The largest absolute Gasteiger partial charge is 0.478 e. The Morgan fingerprint density at radius 3 is 2.71 bits per heavy atom. The van der Waals surface area contributed by atoms with Crippen molar-refractivity contribution < 1.29 is 14.7 Å². The van der Waals surface area contributed by atoms with E-state index in [0.717, 1.165) is 5.56 Å². The fraction of sp³-hybridized carbons (Fsp3) is 0.333. The number of carboxylic acid groups (broad SMARTS) is 1. The number of rotatable bonds is 6. The van der Waals surface area contributed by atoms with Crippen LogP contribution < -0.4 is 5.32 Å². The van der Waals surface area contributed by atoms with Gasteiger partial charge < -0.3 is 10.4 Å². The van der Waals surface area contributed by atoms with Gasteiger partial charge in [-0.25, -0.2) is 4.79 Å². The first-order chi connectivity index (χ1) is 8.15. The Labute approximate surface area is 104 Å². The standard InChI is InChI=1S/C12H15NO3S/c1-17-8-11(14)13-7-6-9-4-2-3-5-10(9)12(15)16/h2-5H,6-8H2,1H3,(H,13,14)(H,15,16). The molecule has 0 aliphatic rings. The summed E-state index contributed by atoms with van der Waals surface area (Å²) in [4.78, 5) is 22.1. The average Bonchev–Trinajstić information content (AvgIpc) is 2.30. The van der Waals surface area contributed by atoms with Crippen LogP contribution in [0.1, 0.15) is 15.9 Å². The minimum Gasteiger partial charge on any atom is -0.478 e. The lowest BCUT2D eigenvalue weighted by Gasteiger charge is -2.07. The molecular weight excluding hydrogens is 238 g/mol. The summed E-state index contributed by atoms with van der Waals surface area (Å²) in [5, 5.41) is 11.7. The van der Waals surface area contributed by atoms with E-state index in [9.17, 15) is 9.59 Å². The van der Waals surface area contributed by atoms with Crippen LogP contribution in [-0.2, 0) is 11.2 Å². The van der Waals surface area contributed by atoms with Gasteiger partial charge in [0.25, 0.3) is 0 Å². The monoisotopic (exact) mass is 253 g/mol.